The number of rotatable bonds is 3. The Bertz CT molecular complexity index is 428. The first-order valence-corrected chi connectivity index (χ1v) is 4.37. The van der Waals surface area contributed by atoms with Crippen LogP contribution in [-0.2, 0) is 0 Å². The third-order valence-electron chi connectivity index (χ3n) is 2.07. The van der Waals surface area contributed by atoms with Crippen molar-refractivity contribution in [1.29, 1.82) is 0 Å². The number of H-pyrrole nitrogens is 1. The smallest absolute Gasteiger partial charge is 0.146 e. The van der Waals surface area contributed by atoms with E-state index in [-0.39, 0.29) is 0 Å². The molecule has 0 saturated heterocycles. The first kappa shape index (κ1) is 9.75. The molecule has 6 heteroatoms. The molecule has 0 radical (unpaired) electrons. The Labute approximate surface area is 85.5 Å². The maximum absolute atomic E-state index is 13.4. The van der Waals surface area contributed by atoms with E-state index in [2.05, 4.69) is 20.4 Å². The average Bonchev–Trinajstić information content (AvgIpc) is 2.75. The molecular weight excluding hydrogens is 197 g/mol. The molecule has 0 aliphatic carbocycles. The summed E-state index contributed by atoms with van der Waals surface area (Å²) in [4.78, 5) is 10.6. The zero-order valence-corrected chi connectivity index (χ0v) is 7.81. The topological polar surface area (TPSA) is 79.6 Å². The minimum Gasteiger partial charge on any atom is -0.347 e. The molecular formula is C9H10FN5. The van der Waals surface area contributed by atoms with Gasteiger partial charge in [0.1, 0.15) is 17.7 Å². The number of nitrogens with two attached hydrogens (primary N) is 1. The molecule has 0 aliphatic heterocycles. The van der Waals surface area contributed by atoms with E-state index < -0.39 is 11.9 Å². The highest BCUT2D eigenvalue weighted by Gasteiger charge is 2.18. The minimum absolute atomic E-state index is 0.405. The van der Waals surface area contributed by atoms with Crippen LogP contribution in [0.1, 0.15) is 17.4 Å². The summed E-state index contributed by atoms with van der Waals surface area (Å²) in [6.07, 6.45) is 5.88. The third-order valence-corrected chi connectivity index (χ3v) is 2.07. The van der Waals surface area contributed by atoms with E-state index in [4.69, 9.17) is 5.84 Å². The zero-order valence-electron chi connectivity index (χ0n) is 7.81. The van der Waals surface area contributed by atoms with Crippen LogP contribution in [0.25, 0.3) is 0 Å². The molecule has 78 valence electrons. The van der Waals surface area contributed by atoms with Crippen LogP contribution in [-0.4, -0.2) is 15.0 Å². The normalized spacial score (nSPS) is 12.7. The van der Waals surface area contributed by atoms with Crippen LogP contribution < -0.4 is 11.3 Å². The molecule has 4 N–H and O–H groups in total. The van der Waals surface area contributed by atoms with Crippen molar-refractivity contribution in [3.8, 4) is 0 Å². The second-order valence-corrected chi connectivity index (χ2v) is 2.97. The Morgan fingerprint density at radius 1 is 1.47 bits per heavy atom. The monoisotopic (exact) mass is 207 g/mol. The lowest BCUT2D eigenvalue weighted by atomic mass is 10.1. The Morgan fingerprint density at radius 2 is 2.33 bits per heavy atom. The summed E-state index contributed by atoms with van der Waals surface area (Å²) in [5.74, 6) is 5.51. The van der Waals surface area contributed by atoms with Crippen LogP contribution in [0.15, 0.2) is 30.9 Å². The number of nitrogens with one attached hydrogen (secondary N) is 2. The molecule has 0 amide bonds. The van der Waals surface area contributed by atoms with Gasteiger partial charge >= 0.3 is 0 Å². The Kier molecular flexibility index (Phi) is 2.70. The summed E-state index contributed by atoms with van der Waals surface area (Å²) in [6.45, 7) is 0. The molecule has 2 aromatic heterocycles. The van der Waals surface area contributed by atoms with Crippen molar-refractivity contribution in [3.63, 3.8) is 0 Å². The van der Waals surface area contributed by atoms with Crippen molar-refractivity contribution in [2.45, 2.75) is 6.04 Å². The van der Waals surface area contributed by atoms with E-state index in [0.717, 1.165) is 6.20 Å². The first-order valence-electron chi connectivity index (χ1n) is 4.37. The maximum atomic E-state index is 13.4. The van der Waals surface area contributed by atoms with Crippen LogP contribution in [0, 0.1) is 5.82 Å². The number of imidazole rings is 1. The van der Waals surface area contributed by atoms with Crippen LogP contribution >= 0.6 is 0 Å². The fourth-order valence-corrected chi connectivity index (χ4v) is 1.37. The van der Waals surface area contributed by atoms with Crippen molar-refractivity contribution >= 4 is 0 Å². The largest absolute Gasteiger partial charge is 0.347 e. The number of hydrogen-bond donors (Lipinski definition) is 3. The number of pyridine rings is 1. The maximum Gasteiger partial charge on any atom is 0.146 e. The SMILES string of the molecule is NNC(c1ncc[nH]1)c1ccncc1F. The van der Waals surface area contributed by atoms with Crippen molar-refractivity contribution in [1.82, 2.24) is 20.4 Å². The molecule has 1 unspecified atom stereocenters. The summed E-state index contributed by atoms with van der Waals surface area (Å²) >= 11 is 0. The number of nitrogens with zero attached hydrogens (tertiary/aromatic N) is 2. The van der Waals surface area contributed by atoms with Gasteiger partial charge in [-0.05, 0) is 6.07 Å². The van der Waals surface area contributed by atoms with Gasteiger partial charge in [0.25, 0.3) is 0 Å². The summed E-state index contributed by atoms with van der Waals surface area (Å²) in [5, 5.41) is 0. The molecule has 15 heavy (non-hydrogen) atoms. The van der Waals surface area contributed by atoms with Gasteiger partial charge in [-0.1, -0.05) is 0 Å². The van der Waals surface area contributed by atoms with Gasteiger partial charge in [0, 0.05) is 24.2 Å². The molecule has 0 saturated carbocycles. The molecule has 0 fully saturated rings. The summed E-state index contributed by atoms with van der Waals surface area (Å²) in [5.41, 5.74) is 2.91. The van der Waals surface area contributed by atoms with E-state index in [1.165, 1.54) is 6.20 Å². The van der Waals surface area contributed by atoms with Gasteiger partial charge in [0.15, 0.2) is 0 Å². The second-order valence-electron chi connectivity index (χ2n) is 2.97. The predicted molar refractivity (Wildman–Crippen MR) is 51.9 cm³/mol. The third kappa shape index (κ3) is 1.85. The zero-order chi connectivity index (χ0) is 10.7. The van der Waals surface area contributed by atoms with Crippen LogP contribution in [0.5, 0.6) is 0 Å². The molecule has 2 heterocycles. The standard InChI is InChI=1S/C9H10FN5/c10-7-5-12-2-1-6(7)8(15-11)9-13-3-4-14-9/h1-5,8,15H,11H2,(H,13,14). The lowest BCUT2D eigenvalue weighted by molar-refractivity contribution is 0.543. The summed E-state index contributed by atoms with van der Waals surface area (Å²) in [7, 11) is 0. The molecule has 2 rings (SSSR count). The van der Waals surface area contributed by atoms with Gasteiger partial charge in [-0.25, -0.2) is 14.8 Å². The van der Waals surface area contributed by atoms with E-state index in [1.807, 2.05) is 0 Å². The van der Waals surface area contributed by atoms with E-state index in [0.29, 0.717) is 11.4 Å². The van der Waals surface area contributed by atoms with E-state index >= 15 is 0 Å². The molecule has 0 spiro atoms. The number of halogens is 1. The molecule has 0 bridgehead atoms. The minimum atomic E-state index is -0.497. The Balaban J connectivity index is 2.40. The van der Waals surface area contributed by atoms with Crippen LogP contribution in [0.4, 0.5) is 4.39 Å². The van der Waals surface area contributed by atoms with E-state index in [9.17, 15) is 4.39 Å². The van der Waals surface area contributed by atoms with Gasteiger partial charge in [-0.3, -0.25) is 10.8 Å². The highest BCUT2D eigenvalue weighted by molar-refractivity contribution is 5.23. The molecule has 5 nitrogen and oxygen atoms in total. The Morgan fingerprint density at radius 3 is 2.93 bits per heavy atom. The van der Waals surface area contributed by atoms with Crippen LogP contribution in [0.3, 0.4) is 0 Å². The average molecular weight is 207 g/mol. The van der Waals surface area contributed by atoms with Crippen molar-refractivity contribution < 1.29 is 4.39 Å². The number of hydrazine groups is 1. The van der Waals surface area contributed by atoms with Gasteiger partial charge in [-0.2, -0.15) is 0 Å². The molecule has 2 aromatic rings. The van der Waals surface area contributed by atoms with Crippen molar-refractivity contribution in [3.05, 3.63) is 48.1 Å². The van der Waals surface area contributed by atoms with Crippen molar-refractivity contribution in [2.75, 3.05) is 0 Å². The highest BCUT2D eigenvalue weighted by atomic mass is 19.1. The predicted octanol–water partition coefficient (Wildman–Crippen LogP) is 0.496. The number of aromatic amines is 1. The highest BCUT2D eigenvalue weighted by Crippen LogP contribution is 2.19. The van der Waals surface area contributed by atoms with Gasteiger partial charge in [-0.15, -0.1) is 0 Å². The lowest BCUT2D eigenvalue weighted by Crippen LogP contribution is -2.30. The number of aromatic nitrogens is 3. The van der Waals surface area contributed by atoms with Crippen molar-refractivity contribution in [2.24, 2.45) is 5.84 Å². The van der Waals surface area contributed by atoms with Crippen LogP contribution in [0.2, 0.25) is 0 Å². The number of hydrogen-bond acceptors (Lipinski definition) is 4. The molecule has 0 aliphatic rings. The van der Waals surface area contributed by atoms with E-state index in [1.54, 1.807) is 18.5 Å². The summed E-state index contributed by atoms with van der Waals surface area (Å²) in [6, 6.07) is 1.06. The Hall–Kier alpha value is -1.79. The lowest BCUT2D eigenvalue weighted by Gasteiger charge is -2.13. The fraction of sp³-hybridized carbons (Fsp3) is 0.111. The molecule has 0 aromatic carbocycles. The van der Waals surface area contributed by atoms with Gasteiger partial charge in [0.05, 0.1) is 6.20 Å². The first-order chi connectivity index (χ1) is 7.33. The quantitative estimate of drug-likeness (QED) is 0.505. The van der Waals surface area contributed by atoms with Gasteiger partial charge < -0.3 is 4.98 Å². The van der Waals surface area contributed by atoms with Gasteiger partial charge in [0.2, 0.25) is 0 Å². The fourth-order valence-electron chi connectivity index (χ4n) is 1.37. The second kappa shape index (κ2) is 4.16. The summed E-state index contributed by atoms with van der Waals surface area (Å²) < 4.78 is 13.4. The molecule has 1 atom stereocenters.